The van der Waals surface area contributed by atoms with E-state index in [2.05, 4.69) is 11.0 Å². The van der Waals surface area contributed by atoms with E-state index in [1.54, 1.807) is 13.2 Å². The summed E-state index contributed by atoms with van der Waals surface area (Å²) < 4.78 is 7.45. The minimum Gasteiger partial charge on any atom is -0.464 e. The van der Waals surface area contributed by atoms with Crippen LogP contribution < -0.4 is 5.56 Å². The predicted octanol–water partition coefficient (Wildman–Crippen LogP) is 2.54. The number of fused-ring (bicyclic) bond motifs is 4. The van der Waals surface area contributed by atoms with Crippen molar-refractivity contribution in [2.45, 2.75) is 44.7 Å². The molecule has 3 aliphatic heterocycles. The van der Waals surface area contributed by atoms with Crippen molar-refractivity contribution in [3.63, 3.8) is 0 Å². The van der Waals surface area contributed by atoms with Gasteiger partial charge in [0.25, 0.3) is 5.56 Å². The Morgan fingerprint density at radius 2 is 1.93 bits per heavy atom. The summed E-state index contributed by atoms with van der Waals surface area (Å²) >= 11 is 0. The van der Waals surface area contributed by atoms with Gasteiger partial charge >= 0.3 is 0 Å². The summed E-state index contributed by atoms with van der Waals surface area (Å²) in [6.07, 6.45) is 4.90. The maximum atomic E-state index is 13.1. The Labute approximate surface area is 164 Å². The molecule has 0 saturated carbocycles. The van der Waals surface area contributed by atoms with Gasteiger partial charge in [0.2, 0.25) is 5.91 Å². The van der Waals surface area contributed by atoms with Gasteiger partial charge in [-0.1, -0.05) is 0 Å². The van der Waals surface area contributed by atoms with Crippen LogP contribution in [0.5, 0.6) is 0 Å². The molecule has 0 unspecified atom stereocenters. The normalized spacial score (nSPS) is 25.5. The Hall–Kier alpha value is -2.34. The molecule has 6 heteroatoms. The molecule has 0 aromatic carbocycles. The number of carbonyl (C=O) groups is 1. The topological polar surface area (TPSA) is 58.7 Å². The second-order valence-corrected chi connectivity index (χ2v) is 8.55. The highest BCUT2D eigenvalue weighted by molar-refractivity contribution is 5.73. The summed E-state index contributed by atoms with van der Waals surface area (Å²) in [4.78, 5) is 29.3. The highest BCUT2D eigenvalue weighted by atomic mass is 16.3. The first kappa shape index (κ1) is 17.7. The van der Waals surface area contributed by atoms with Gasteiger partial charge < -0.3 is 13.9 Å². The first-order valence-corrected chi connectivity index (χ1v) is 10.4. The van der Waals surface area contributed by atoms with Crippen LogP contribution in [-0.4, -0.2) is 52.5 Å². The Bertz CT molecular complexity index is 925. The third-order valence-corrected chi connectivity index (χ3v) is 6.85. The molecule has 0 spiro atoms. The number of aromatic nitrogens is 1. The van der Waals surface area contributed by atoms with Crippen LogP contribution in [0.1, 0.15) is 37.8 Å². The molecule has 2 atom stereocenters. The van der Waals surface area contributed by atoms with Crippen molar-refractivity contribution >= 4 is 5.91 Å². The zero-order valence-electron chi connectivity index (χ0n) is 16.3. The number of rotatable bonds is 2. The van der Waals surface area contributed by atoms with Gasteiger partial charge in [-0.2, -0.15) is 0 Å². The van der Waals surface area contributed by atoms with Crippen molar-refractivity contribution in [1.82, 2.24) is 14.4 Å². The number of hydrogen-bond donors (Lipinski definition) is 0. The standard InChI is InChI=1S/C22H27N3O3/c1-15(26)23-8-6-18(7-9-23)24-12-16-11-17(14-24)20-5-4-19(21-3-2-10-28-21)22(27)25(20)13-16/h2-5,10,16-18H,6-9,11-14H2,1H3/t16-,17-/m1/s1. The number of carbonyl (C=O) groups excluding carboxylic acids is 1. The number of nitrogens with zero attached hydrogens (tertiary/aromatic N) is 3. The molecule has 148 valence electrons. The second kappa shape index (κ2) is 6.92. The number of piperidine rings is 2. The van der Waals surface area contributed by atoms with E-state index >= 15 is 0 Å². The Kier molecular flexibility index (Phi) is 4.38. The van der Waals surface area contributed by atoms with Crippen LogP contribution in [-0.2, 0) is 11.3 Å². The molecule has 2 aromatic rings. The van der Waals surface area contributed by atoms with Gasteiger partial charge in [-0.15, -0.1) is 0 Å². The molecule has 0 aliphatic carbocycles. The fourth-order valence-electron chi connectivity index (χ4n) is 5.45. The highest BCUT2D eigenvalue weighted by Crippen LogP contribution is 2.37. The molecule has 2 fully saturated rings. The molecule has 5 rings (SSSR count). The summed E-state index contributed by atoms with van der Waals surface area (Å²) in [6.45, 7) is 6.26. The lowest BCUT2D eigenvalue weighted by molar-refractivity contribution is -0.130. The van der Waals surface area contributed by atoms with Crippen molar-refractivity contribution in [2.75, 3.05) is 26.2 Å². The van der Waals surface area contributed by atoms with Crippen LogP contribution in [0.25, 0.3) is 11.3 Å². The minimum atomic E-state index is 0.0744. The lowest BCUT2D eigenvalue weighted by Gasteiger charge is -2.47. The molecule has 1 amide bonds. The third-order valence-electron chi connectivity index (χ3n) is 6.85. The molecule has 5 heterocycles. The number of likely N-dealkylation sites (tertiary alicyclic amines) is 2. The Morgan fingerprint density at radius 1 is 1.11 bits per heavy atom. The SMILES string of the molecule is CC(=O)N1CCC(N2C[C@H]3C[C@H](C2)c2ccc(-c4ccco4)c(=O)n2C3)CC1. The van der Waals surface area contributed by atoms with Crippen LogP contribution in [0.4, 0.5) is 0 Å². The summed E-state index contributed by atoms with van der Waals surface area (Å²) in [6, 6.07) is 8.28. The van der Waals surface area contributed by atoms with E-state index in [0.717, 1.165) is 45.6 Å². The molecule has 3 aliphatic rings. The predicted molar refractivity (Wildman–Crippen MR) is 106 cm³/mol. The van der Waals surface area contributed by atoms with Crippen molar-refractivity contribution in [3.05, 3.63) is 46.6 Å². The first-order chi connectivity index (χ1) is 13.6. The average molecular weight is 381 g/mol. The van der Waals surface area contributed by atoms with E-state index in [0.29, 0.717) is 29.2 Å². The van der Waals surface area contributed by atoms with Crippen molar-refractivity contribution in [3.8, 4) is 11.3 Å². The lowest BCUT2D eigenvalue weighted by atomic mass is 9.81. The van der Waals surface area contributed by atoms with Crippen molar-refractivity contribution in [2.24, 2.45) is 5.92 Å². The Morgan fingerprint density at radius 3 is 2.64 bits per heavy atom. The fourth-order valence-corrected chi connectivity index (χ4v) is 5.45. The number of hydrogen-bond acceptors (Lipinski definition) is 4. The zero-order valence-corrected chi connectivity index (χ0v) is 16.3. The summed E-state index contributed by atoms with van der Waals surface area (Å²) in [5, 5.41) is 0. The molecular weight excluding hydrogens is 354 g/mol. The second-order valence-electron chi connectivity index (χ2n) is 8.55. The summed E-state index contributed by atoms with van der Waals surface area (Å²) in [5.41, 5.74) is 1.90. The maximum Gasteiger partial charge on any atom is 0.261 e. The molecule has 6 nitrogen and oxygen atoms in total. The number of furan rings is 1. The van der Waals surface area contributed by atoms with Crippen LogP contribution in [0.2, 0.25) is 0 Å². The van der Waals surface area contributed by atoms with Crippen molar-refractivity contribution in [1.29, 1.82) is 0 Å². The summed E-state index contributed by atoms with van der Waals surface area (Å²) in [5.74, 6) is 1.77. The van der Waals surface area contributed by atoms with Crippen LogP contribution in [0, 0.1) is 5.92 Å². The molecule has 28 heavy (non-hydrogen) atoms. The Balaban J connectivity index is 1.37. The molecule has 2 aromatic heterocycles. The zero-order chi connectivity index (χ0) is 19.3. The van der Waals surface area contributed by atoms with E-state index in [4.69, 9.17) is 4.42 Å². The van der Waals surface area contributed by atoms with Crippen LogP contribution in [0.3, 0.4) is 0 Å². The van der Waals surface area contributed by atoms with E-state index < -0.39 is 0 Å². The number of amides is 1. The molecule has 2 saturated heterocycles. The van der Waals surface area contributed by atoms with Crippen molar-refractivity contribution < 1.29 is 9.21 Å². The van der Waals surface area contributed by atoms with Gasteiger partial charge in [-0.3, -0.25) is 14.5 Å². The molecule has 0 radical (unpaired) electrons. The van der Waals surface area contributed by atoms with Crippen LogP contribution in [0.15, 0.2) is 39.7 Å². The third kappa shape index (κ3) is 3.00. The van der Waals surface area contributed by atoms with E-state index in [1.807, 2.05) is 27.7 Å². The molecular formula is C22H27N3O3. The smallest absolute Gasteiger partial charge is 0.261 e. The van der Waals surface area contributed by atoms with Gasteiger partial charge in [0.1, 0.15) is 5.76 Å². The minimum absolute atomic E-state index is 0.0744. The van der Waals surface area contributed by atoms with E-state index in [1.165, 1.54) is 12.1 Å². The maximum absolute atomic E-state index is 13.1. The van der Waals surface area contributed by atoms with Gasteiger partial charge in [0, 0.05) is 57.3 Å². The molecule has 2 bridgehead atoms. The highest BCUT2D eigenvalue weighted by Gasteiger charge is 2.38. The van der Waals surface area contributed by atoms with Gasteiger partial charge in [-0.25, -0.2) is 0 Å². The van der Waals surface area contributed by atoms with Gasteiger partial charge in [0.15, 0.2) is 0 Å². The number of pyridine rings is 1. The first-order valence-electron chi connectivity index (χ1n) is 10.4. The largest absolute Gasteiger partial charge is 0.464 e. The molecule has 0 N–H and O–H groups in total. The van der Waals surface area contributed by atoms with Gasteiger partial charge in [0.05, 0.1) is 11.8 Å². The van der Waals surface area contributed by atoms with E-state index in [-0.39, 0.29) is 11.5 Å². The van der Waals surface area contributed by atoms with Gasteiger partial charge in [-0.05, 0) is 49.4 Å². The monoisotopic (exact) mass is 381 g/mol. The van der Waals surface area contributed by atoms with Crippen LogP contribution >= 0.6 is 0 Å². The summed E-state index contributed by atoms with van der Waals surface area (Å²) in [7, 11) is 0. The quantitative estimate of drug-likeness (QED) is 0.802. The average Bonchev–Trinajstić information content (AvgIpc) is 3.23. The van der Waals surface area contributed by atoms with E-state index in [9.17, 15) is 9.59 Å². The lowest BCUT2D eigenvalue weighted by Crippen LogP contribution is -2.53. The fraction of sp³-hybridized carbons (Fsp3) is 0.545.